The summed E-state index contributed by atoms with van der Waals surface area (Å²) in [4.78, 5) is 12.4. The first-order valence-electron chi connectivity index (χ1n) is 8.73. The average Bonchev–Trinajstić information content (AvgIpc) is 2.99. The summed E-state index contributed by atoms with van der Waals surface area (Å²) >= 11 is 0. The van der Waals surface area contributed by atoms with E-state index in [1.807, 2.05) is 60.7 Å². The molecule has 0 spiro atoms. The van der Waals surface area contributed by atoms with Crippen LogP contribution < -0.4 is 0 Å². The van der Waals surface area contributed by atoms with E-state index in [-0.39, 0.29) is 24.4 Å². The van der Waals surface area contributed by atoms with E-state index in [1.54, 1.807) is 0 Å². The minimum absolute atomic E-state index is 0.0890. The van der Waals surface area contributed by atoms with Gasteiger partial charge < -0.3 is 18.9 Å². The van der Waals surface area contributed by atoms with Crippen molar-refractivity contribution in [3.63, 3.8) is 0 Å². The molecule has 1 unspecified atom stereocenters. The fraction of sp³-hybridized carbons (Fsp3) is 0.381. The van der Waals surface area contributed by atoms with E-state index >= 15 is 0 Å². The van der Waals surface area contributed by atoms with E-state index in [0.717, 1.165) is 11.1 Å². The van der Waals surface area contributed by atoms with Crippen molar-refractivity contribution < 1.29 is 23.7 Å². The molecule has 1 aliphatic rings. The van der Waals surface area contributed by atoms with Crippen LogP contribution in [0.2, 0.25) is 0 Å². The molecule has 3 atom stereocenters. The SMILES string of the molecule is CO[C@@H]1O[C@H](COCc2ccccc2)C(COCc2ccccc2)C1=O. The lowest BCUT2D eigenvalue weighted by Crippen LogP contribution is -2.30. The minimum atomic E-state index is -0.842. The van der Waals surface area contributed by atoms with E-state index in [0.29, 0.717) is 19.8 Å². The summed E-state index contributed by atoms with van der Waals surface area (Å²) in [6.45, 7) is 1.54. The number of hydrogen-bond acceptors (Lipinski definition) is 5. The molecule has 0 radical (unpaired) electrons. The topological polar surface area (TPSA) is 54.0 Å². The number of hydrogen-bond donors (Lipinski definition) is 0. The number of rotatable bonds is 9. The van der Waals surface area contributed by atoms with Gasteiger partial charge in [0.15, 0.2) is 5.78 Å². The highest BCUT2D eigenvalue weighted by Crippen LogP contribution is 2.25. The molecule has 0 saturated carbocycles. The minimum Gasteiger partial charge on any atom is -0.376 e. The highest BCUT2D eigenvalue weighted by molar-refractivity contribution is 5.86. The van der Waals surface area contributed by atoms with Gasteiger partial charge in [-0.2, -0.15) is 0 Å². The van der Waals surface area contributed by atoms with Crippen molar-refractivity contribution in [2.75, 3.05) is 20.3 Å². The second-order valence-electron chi connectivity index (χ2n) is 6.25. The first-order valence-corrected chi connectivity index (χ1v) is 8.73. The van der Waals surface area contributed by atoms with Crippen LogP contribution in [0.25, 0.3) is 0 Å². The lowest BCUT2D eigenvalue weighted by Gasteiger charge is -2.17. The van der Waals surface area contributed by atoms with Gasteiger partial charge in [-0.25, -0.2) is 0 Å². The Morgan fingerprint density at radius 2 is 1.38 bits per heavy atom. The van der Waals surface area contributed by atoms with Gasteiger partial charge in [0.2, 0.25) is 6.29 Å². The van der Waals surface area contributed by atoms with Crippen LogP contribution in [0.15, 0.2) is 60.7 Å². The number of ether oxygens (including phenoxy) is 4. The van der Waals surface area contributed by atoms with Gasteiger partial charge in [-0.15, -0.1) is 0 Å². The van der Waals surface area contributed by atoms with Gasteiger partial charge >= 0.3 is 0 Å². The lowest BCUT2D eigenvalue weighted by atomic mass is 10.0. The Labute approximate surface area is 153 Å². The van der Waals surface area contributed by atoms with Crippen LogP contribution in [-0.2, 0) is 37.0 Å². The number of carbonyl (C=O) groups is 1. The predicted octanol–water partition coefficient (Wildman–Crippen LogP) is 2.98. The monoisotopic (exact) mass is 356 g/mol. The van der Waals surface area contributed by atoms with Crippen LogP contribution in [0.4, 0.5) is 0 Å². The molecule has 1 saturated heterocycles. The second-order valence-corrected chi connectivity index (χ2v) is 6.25. The zero-order valence-corrected chi connectivity index (χ0v) is 14.9. The van der Waals surface area contributed by atoms with Gasteiger partial charge in [0.1, 0.15) is 0 Å². The van der Waals surface area contributed by atoms with Crippen LogP contribution in [0, 0.1) is 5.92 Å². The average molecular weight is 356 g/mol. The van der Waals surface area contributed by atoms with Gasteiger partial charge in [0.25, 0.3) is 0 Å². The normalized spacial score (nSPS) is 22.7. The number of methoxy groups -OCH3 is 1. The van der Waals surface area contributed by atoms with Crippen LogP contribution in [0.5, 0.6) is 0 Å². The van der Waals surface area contributed by atoms with Crippen molar-refractivity contribution >= 4 is 5.78 Å². The van der Waals surface area contributed by atoms with Gasteiger partial charge in [-0.3, -0.25) is 4.79 Å². The van der Waals surface area contributed by atoms with Gasteiger partial charge in [0.05, 0.1) is 38.4 Å². The molecule has 2 aromatic rings. The molecular weight excluding hydrogens is 332 g/mol. The quantitative estimate of drug-likeness (QED) is 0.691. The van der Waals surface area contributed by atoms with E-state index < -0.39 is 6.29 Å². The highest BCUT2D eigenvalue weighted by atomic mass is 16.7. The molecule has 1 heterocycles. The maximum Gasteiger partial charge on any atom is 0.218 e. The second kappa shape index (κ2) is 9.59. The molecule has 3 rings (SSSR count). The molecule has 0 aromatic heterocycles. The number of Topliss-reactive ketones (excluding diaryl/α,β-unsaturated/α-hetero) is 1. The van der Waals surface area contributed by atoms with Crippen LogP contribution in [0.1, 0.15) is 11.1 Å². The Bertz CT molecular complexity index is 673. The third-order valence-electron chi connectivity index (χ3n) is 4.36. The van der Waals surface area contributed by atoms with Gasteiger partial charge in [0, 0.05) is 7.11 Å². The Morgan fingerprint density at radius 3 is 1.92 bits per heavy atom. The molecule has 0 N–H and O–H groups in total. The van der Waals surface area contributed by atoms with Crippen LogP contribution in [0.3, 0.4) is 0 Å². The fourth-order valence-electron chi connectivity index (χ4n) is 2.94. The molecule has 26 heavy (non-hydrogen) atoms. The van der Waals surface area contributed by atoms with E-state index in [9.17, 15) is 4.79 Å². The van der Waals surface area contributed by atoms with Crippen molar-refractivity contribution in [2.45, 2.75) is 25.6 Å². The smallest absolute Gasteiger partial charge is 0.218 e. The molecule has 0 bridgehead atoms. The Kier molecular flexibility index (Phi) is 6.91. The summed E-state index contributed by atoms with van der Waals surface area (Å²) in [7, 11) is 1.47. The molecule has 2 aromatic carbocycles. The Morgan fingerprint density at radius 1 is 0.846 bits per heavy atom. The maximum absolute atomic E-state index is 12.4. The molecule has 1 aliphatic heterocycles. The number of benzene rings is 2. The summed E-state index contributed by atoms with van der Waals surface area (Å²) in [5, 5.41) is 0. The van der Waals surface area contributed by atoms with Crippen molar-refractivity contribution in [3.05, 3.63) is 71.8 Å². The molecule has 138 valence electrons. The molecule has 1 fully saturated rings. The number of ketones is 1. The van der Waals surface area contributed by atoms with Crippen molar-refractivity contribution in [3.8, 4) is 0 Å². The molecule has 0 amide bonds. The third-order valence-corrected chi connectivity index (χ3v) is 4.36. The predicted molar refractivity (Wildman–Crippen MR) is 96.4 cm³/mol. The first-order chi connectivity index (χ1) is 12.8. The fourth-order valence-corrected chi connectivity index (χ4v) is 2.94. The summed E-state index contributed by atoms with van der Waals surface area (Å²) in [6.07, 6.45) is -1.21. The lowest BCUT2D eigenvalue weighted by molar-refractivity contribution is -0.154. The van der Waals surface area contributed by atoms with E-state index in [1.165, 1.54) is 7.11 Å². The standard InChI is InChI=1S/C21H24O5/c1-23-21-20(22)18(14-24-12-16-8-4-2-5-9-16)19(26-21)15-25-13-17-10-6-3-7-11-17/h2-11,18-19,21H,12-15H2,1H3/t18?,19-,21-/m1/s1. The summed E-state index contributed by atoms with van der Waals surface area (Å²) in [5.74, 6) is -0.478. The molecule has 5 nitrogen and oxygen atoms in total. The highest BCUT2D eigenvalue weighted by Gasteiger charge is 2.43. The zero-order valence-electron chi connectivity index (χ0n) is 14.9. The van der Waals surface area contributed by atoms with Crippen molar-refractivity contribution in [2.24, 2.45) is 5.92 Å². The Hall–Kier alpha value is -2.05. The van der Waals surface area contributed by atoms with E-state index in [4.69, 9.17) is 18.9 Å². The van der Waals surface area contributed by atoms with Crippen molar-refractivity contribution in [1.82, 2.24) is 0 Å². The van der Waals surface area contributed by atoms with Crippen LogP contribution >= 0.6 is 0 Å². The summed E-state index contributed by atoms with van der Waals surface area (Å²) < 4.78 is 22.3. The molecular formula is C21H24O5. The summed E-state index contributed by atoms with van der Waals surface area (Å²) in [6, 6.07) is 19.8. The molecule has 5 heteroatoms. The first kappa shape index (κ1) is 18.7. The van der Waals surface area contributed by atoms with Gasteiger partial charge in [-0.05, 0) is 11.1 Å². The van der Waals surface area contributed by atoms with Gasteiger partial charge in [-0.1, -0.05) is 60.7 Å². The largest absolute Gasteiger partial charge is 0.376 e. The van der Waals surface area contributed by atoms with Crippen molar-refractivity contribution in [1.29, 1.82) is 0 Å². The number of carbonyl (C=O) groups excluding carboxylic acids is 1. The van der Waals surface area contributed by atoms with E-state index in [2.05, 4.69) is 0 Å². The zero-order chi connectivity index (χ0) is 18.2. The Balaban J connectivity index is 1.51. The maximum atomic E-state index is 12.4. The molecule has 0 aliphatic carbocycles. The third kappa shape index (κ3) is 4.99. The van der Waals surface area contributed by atoms with Crippen LogP contribution in [-0.4, -0.2) is 38.5 Å². The summed E-state index contributed by atoms with van der Waals surface area (Å²) in [5.41, 5.74) is 2.15.